The van der Waals surface area contributed by atoms with Gasteiger partial charge in [0, 0.05) is 5.75 Å². The summed E-state index contributed by atoms with van der Waals surface area (Å²) in [5.41, 5.74) is 1.71. The Bertz CT molecular complexity index is 248. The van der Waals surface area contributed by atoms with E-state index < -0.39 is 5.51 Å². The van der Waals surface area contributed by atoms with Crippen molar-refractivity contribution >= 4 is 11.8 Å². The highest BCUT2D eigenvalue weighted by molar-refractivity contribution is 8.00. The average molecular weight is 297 g/mol. The second-order valence-corrected chi connectivity index (χ2v) is 6.99. The molecule has 1 aliphatic rings. The summed E-state index contributed by atoms with van der Waals surface area (Å²) in [6.07, 6.45) is 8.68. The van der Waals surface area contributed by atoms with Crippen LogP contribution in [0.25, 0.3) is 0 Å². The van der Waals surface area contributed by atoms with Crippen molar-refractivity contribution in [3.63, 3.8) is 0 Å². The lowest BCUT2D eigenvalue weighted by Crippen LogP contribution is -2.35. The highest BCUT2D eigenvalue weighted by atomic mass is 32.2. The van der Waals surface area contributed by atoms with Gasteiger partial charge in [0.15, 0.2) is 0 Å². The van der Waals surface area contributed by atoms with Crippen molar-refractivity contribution < 1.29 is 13.2 Å². The van der Waals surface area contributed by atoms with Gasteiger partial charge in [-0.3, -0.25) is 0 Å². The molecule has 0 saturated heterocycles. The van der Waals surface area contributed by atoms with E-state index >= 15 is 0 Å². The molecule has 0 heterocycles. The van der Waals surface area contributed by atoms with Gasteiger partial charge in [0.05, 0.1) is 0 Å². The largest absolute Gasteiger partial charge is 0.441 e. The zero-order valence-electron chi connectivity index (χ0n) is 11.8. The number of nitrogens with two attached hydrogens (primary N) is 1. The first-order valence-corrected chi connectivity index (χ1v) is 8.30. The molecule has 0 unspecified atom stereocenters. The summed E-state index contributed by atoms with van der Waals surface area (Å²) < 4.78 is 36.5. The van der Waals surface area contributed by atoms with Crippen molar-refractivity contribution in [1.29, 1.82) is 0 Å². The summed E-state index contributed by atoms with van der Waals surface area (Å²) in [7, 11) is 0. The quantitative estimate of drug-likeness (QED) is 0.719. The SMILES string of the molecule is CCCCC1CCC(CN)(CCSC(F)(F)F)CC1. The van der Waals surface area contributed by atoms with Crippen molar-refractivity contribution in [2.45, 2.75) is 63.8 Å². The first-order chi connectivity index (χ1) is 8.91. The molecule has 0 aromatic heterocycles. The van der Waals surface area contributed by atoms with Crippen LogP contribution < -0.4 is 5.73 Å². The van der Waals surface area contributed by atoms with Crippen molar-refractivity contribution in [2.24, 2.45) is 17.1 Å². The maximum Gasteiger partial charge on any atom is 0.441 e. The number of hydrogen-bond donors (Lipinski definition) is 1. The van der Waals surface area contributed by atoms with Crippen molar-refractivity contribution in [3.8, 4) is 0 Å². The van der Waals surface area contributed by atoms with E-state index in [2.05, 4.69) is 6.92 Å². The summed E-state index contributed by atoms with van der Waals surface area (Å²) in [6.45, 7) is 2.73. The molecule has 19 heavy (non-hydrogen) atoms. The molecule has 1 aliphatic carbocycles. The molecule has 1 nitrogen and oxygen atoms in total. The van der Waals surface area contributed by atoms with E-state index in [1.807, 2.05) is 0 Å². The van der Waals surface area contributed by atoms with Gasteiger partial charge in [-0.1, -0.05) is 37.9 Å². The predicted molar refractivity (Wildman–Crippen MR) is 76.1 cm³/mol. The van der Waals surface area contributed by atoms with E-state index in [4.69, 9.17) is 5.73 Å². The summed E-state index contributed by atoms with van der Waals surface area (Å²) in [5, 5.41) is 0. The fourth-order valence-electron chi connectivity index (χ4n) is 3.01. The number of thioether (sulfide) groups is 1. The first kappa shape index (κ1) is 17.2. The van der Waals surface area contributed by atoms with Crippen LogP contribution >= 0.6 is 11.8 Å². The van der Waals surface area contributed by atoms with Crippen LogP contribution in [-0.4, -0.2) is 17.8 Å². The third kappa shape index (κ3) is 6.39. The molecule has 1 fully saturated rings. The summed E-state index contributed by atoms with van der Waals surface area (Å²) in [5.74, 6) is 0.926. The van der Waals surface area contributed by atoms with Gasteiger partial charge in [-0.05, 0) is 50.0 Å². The molecular weight excluding hydrogens is 271 g/mol. The van der Waals surface area contributed by atoms with Gasteiger partial charge in [-0.15, -0.1) is 0 Å². The van der Waals surface area contributed by atoms with Crippen LogP contribution in [0.4, 0.5) is 13.2 Å². The van der Waals surface area contributed by atoms with Crippen LogP contribution in [0, 0.1) is 11.3 Å². The van der Waals surface area contributed by atoms with Crippen molar-refractivity contribution in [2.75, 3.05) is 12.3 Å². The van der Waals surface area contributed by atoms with Crippen LogP contribution in [0.1, 0.15) is 58.3 Å². The Balaban J connectivity index is 2.33. The lowest BCUT2D eigenvalue weighted by Gasteiger charge is -2.39. The van der Waals surface area contributed by atoms with Crippen LogP contribution in [0.2, 0.25) is 0 Å². The standard InChI is InChI=1S/C14H26F3NS/c1-2-3-4-12-5-7-13(11-18,8-6-12)9-10-19-14(15,16)17/h12H,2-11,18H2,1H3. The molecule has 0 aliphatic heterocycles. The molecule has 0 bridgehead atoms. The Kier molecular flexibility index (Phi) is 7.01. The van der Waals surface area contributed by atoms with E-state index in [1.54, 1.807) is 0 Å². The topological polar surface area (TPSA) is 26.0 Å². The van der Waals surface area contributed by atoms with Crippen LogP contribution in [0.5, 0.6) is 0 Å². The van der Waals surface area contributed by atoms with E-state index in [1.165, 1.54) is 19.3 Å². The molecule has 5 heteroatoms. The zero-order valence-corrected chi connectivity index (χ0v) is 12.6. The summed E-state index contributed by atoms with van der Waals surface area (Å²) in [4.78, 5) is 0. The lowest BCUT2D eigenvalue weighted by atomic mass is 9.68. The second-order valence-electron chi connectivity index (χ2n) is 5.83. The van der Waals surface area contributed by atoms with Crippen molar-refractivity contribution in [1.82, 2.24) is 0 Å². The van der Waals surface area contributed by atoms with Gasteiger partial charge in [-0.25, -0.2) is 0 Å². The summed E-state index contributed by atoms with van der Waals surface area (Å²) >= 11 is 0.100. The number of halogens is 3. The van der Waals surface area contributed by atoms with E-state index in [-0.39, 0.29) is 22.9 Å². The smallest absolute Gasteiger partial charge is 0.330 e. The first-order valence-electron chi connectivity index (χ1n) is 7.31. The Labute approximate surface area is 118 Å². The molecule has 0 radical (unpaired) electrons. The Morgan fingerprint density at radius 2 is 1.89 bits per heavy atom. The molecule has 2 N–H and O–H groups in total. The number of rotatable bonds is 7. The Hall–Kier alpha value is 0.100. The minimum absolute atomic E-state index is 0.0268. The predicted octanol–water partition coefficient (Wildman–Crippen LogP) is 4.96. The molecule has 0 amide bonds. The van der Waals surface area contributed by atoms with Crippen LogP contribution in [0.3, 0.4) is 0 Å². The maximum atomic E-state index is 12.2. The molecule has 114 valence electrons. The van der Waals surface area contributed by atoms with Gasteiger partial charge in [0.25, 0.3) is 0 Å². The molecule has 0 spiro atoms. The third-order valence-electron chi connectivity index (χ3n) is 4.46. The van der Waals surface area contributed by atoms with Crippen molar-refractivity contribution in [3.05, 3.63) is 0 Å². The number of hydrogen-bond acceptors (Lipinski definition) is 2. The molecule has 0 aromatic carbocycles. The highest BCUT2D eigenvalue weighted by Gasteiger charge is 2.35. The monoisotopic (exact) mass is 297 g/mol. The normalized spacial score (nSPS) is 28.6. The number of alkyl halides is 3. The highest BCUT2D eigenvalue weighted by Crippen LogP contribution is 2.44. The Morgan fingerprint density at radius 1 is 1.26 bits per heavy atom. The molecule has 0 aromatic rings. The van der Waals surface area contributed by atoms with Gasteiger partial charge >= 0.3 is 5.51 Å². The number of unbranched alkanes of at least 4 members (excludes halogenated alkanes) is 1. The molecule has 1 saturated carbocycles. The zero-order chi connectivity index (χ0) is 14.4. The van der Waals surface area contributed by atoms with E-state index in [9.17, 15) is 13.2 Å². The fraction of sp³-hybridized carbons (Fsp3) is 1.00. The molecular formula is C14H26F3NS. The summed E-state index contributed by atoms with van der Waals surface area (Å²) in [6, 6.07) is 0. The Morgan fingerprint density at radius 3 is 2.37 bits per heavy atom. The molecule has 1 rings (SSSR count). The van der Waals surface area contributed by atoms with Gasteiger partial charge in [0.1, 0.15) is 0 Å². The minimum atomic E-state index is -4.10. The van der Waals surface area contributed by atoms with Gasteiger partial charge in [0.2, 0.25) is 0 Å². The average Bonchev–Trinajstić information content (AvgIpc) is 2.36. The van der Waals surface area contributed by atoms with Gasteiger partial charge < -0.3 is 5.73 Å². The van der Waals surface area contributed by atoms with E-state index in [0.29, 0.717) is 13.0 Å². The molecule has 0 atom stereocenters. The van der Waals surface area contributed by atoms with Crippen LogP contribution in [-0.2, 0) is 0 Å². The fourth-order valence-corrected chi connectivity index (χ4v) is 3.78. The van der Waals surface area contributed by atoms with Gasteiger partial charge in [-0.2, -0.15) is 13.2 Å². The second kappa shape index (κ2) is 7.77. The van der Waals surface area contributed by atoms with Crippen LogP contribution in [0.15, 0.2) is 0 Å². The minimum Gasteiger partial charge on any atom is -0.330 e. The lowest BCUT2D eigenvalue weighted by molar-refractivity contribution is -0.0329. The van der Waals surface area contributed by atoms with E-state index in [0.717, 1.165) is 31.6 Å². The third-order valence-corrected chi connectivity index (χ3v) is 5.20. The maximum absolute atomic E-state index is 12.2.